The zero-order chi connectivity index (χ0) is 10.4. The molecule has 1 N–H and O–H groups in total. The van der Waals surface area contributed by atoms with Gasteiger partial charge in [0.2, 0.25) is 0 Å². The van der Waals surface area contributed by atoms with Crippen LogP contribution in [0.25, 0.3) is 0 Å². The van der Waals surface area contributed by atoms with Gasteiger partial charge in [-0.3, -0.25) is 0 Å². The van der Waals surface area contributed by atoms with Crippen molar-refractivity contribution in [3.05, 3.63) is 35.4 Å². The molecule has 1 aromatic rings. The number of hydrogen-bond acceptors (Lipinski definition) is 1. The predicted octanol–water partition coefficient (Wildman–Crippen LogP) is 2.57. The molecular formula is C14H19N. The molecule has 4 atom stereocenters. The average Bonchev–Trinajstić information content (AvgIpc) is 2.56. The second kappa shape index (κ2) is 3.34. The maximum absolute atomic E-state index is 3.51. The van der Waals surface area contributed by atoms with Crippen LogP contribution in [0, 0.1) is 11.8 Å². The molecule has 15 heavy (non-hydrogen) atoms. The number of benzene rings is 1. The lowest BCUT2D eigenvalue weighted by atomic mass is 9.60. The topological polar surface area (TPSA) is 12.0 Å². The van der Waals surface area contributed by atoms with Crippen molar-refractivity contribution in [2.75, 3.05) is 7.05 Å². The summed E-state index contributed by atoms with van der Waals surface area (Å²) in [4.78, 5) is 0. The van der Waals surface area contributed by atoms with Crippen molar-refractivity contribution in [3.8, 4) is 0 Å². The smallest absolute Gasteiger partial charge is 0.0136 e. The van der Waals surface area contributed by atoms with Gasteiger partial charge in [0.15, 0.2) is 0 Å². The summed E-state index contributed by atoms with van der Waals surface area (Å²) in [5.41, 5.74) is 3.24. The third-order valence-electron chi connectivity index (χ3n) is 4.52. The monoisotopic (exact) mass is 201 g/mol. The summed E-state index contributed by atoms with van der Waals surface area (Å²) >= 11 is 0. The number of rotatable bonds is 2. The van der Waals surface area contributed by atoms with E-state index in [1.165, 1.54) is 12.8 Å². The minimum atomic E-state index is 0.757. The molecule has 0 radical (unpaired) electrons. The molecule has 2 aliphatic rings. The highest BCUT2D eigenvalue weighted by Crippen LogP contribution is 2.55. The maximum Gasteiger partial charge on any atom is 0.0136 e. The minimum Gasteiger partial charge on any atom is -0.316 e. The van der Waals surface area contributed by atoms with E-state index in [2.05, 4.69) is 43.6 Å². The average molecular weight is 201 g/mol. The molecule has 0 aromatic heterocycles. The molecule has 80 valence electrons. The van der Waals surface area contributed by atoms with Gasteiger partial charge in [-0.05, 0) is 42.3 Å². The zero-order valence-electron chi connectivity index (χ0n) is 9.53. The first-order chi connectivity index (χ1) is 7.36. The van der Waals surface area contributed by atoms with Gasteiger partial charge in [0.05, 0.1) is 0 Å². The summed E-state index contributed by atoms with van der Waals surface area (Å²) in [6, 6.07) is 9.79. The summed E-state index contributed by atoms with van der Waals surface area (Å²) in [5, 5.41) is 3.51. The SMILES string of the molecule is CCC1C(NC)C2Cc3ccccc3C12. The largest absolute Gasteiger partial charge is 0.316 e. The minimum absolute atomic E-state index is 0.757. The fourth-order valence-electron chi connectivity index (χ4n) is 3.89. The molecule has 4 unspecified atom stereocenters. The summed E-state index contributed by atoms with van der Waals surface area (Å²) < 4.78 is 0. The quantitative estimate of drug-likeness (QED) is 0.775. The Morgan fingerprint density at radius 3 is 2.87 bits per heavy atom. The first-order valence-electron chi connectivity index (χ1n) is 6.12. The molecule has 1 heteroatoms. The van der Waals surface area contributed by atoms with E-state index in [9.17, 15) is 0 Å². The lowest BCUT2D eigenvalue weighted by Crippen LogP contribution is -2.54. The van der Waals surface area contributed by atoms with Crippen molar-refractivity contribution in [2.24, 2.45) is 11.8 Å². The van der Waals surface area contributed by atoms with E-state index in [0.29, 0.717) is 0 Å². The van der Waals surface area contributed by atoms with E-state index in [0.717, 1.165) is 23.8 Å². The molecule has 1 aromatic carbocycles. The zero-order valence-corrected chi connectivity index (χ0v) is 9.53. The Labute approximate surface area is 91.9 Å². The van der Waals surface area contributed by atoms with Crippen LogP contribution in [0.4, 0.5) is 0 Å². The lowest BCUT2D eigenvalue weighted by molar-refractivity contribution is 0.0858. The molecule has 0 aliphatic heterocycles. The van der Waals surface area contributed by atoms with E-state index in [-0.39, 0.29) is 0 Å². The van der Waals surface area contributed by atoms with Crippen molar-refractivity contribution in [1.82, 2.24) is 5.32 Å². The molecule has 1 nitrogen and oxygen atoms in total. The van der Waals surface area contributed by atoms with Crippen LogP contribution in [0.15, 0.2) is 24.3 Å². The molecule has 1 saturated carbocycles. The van der Waals surface area contributed by atoms with Gasteiger partial charge in [0.25, 0.3) is 0 Å². The molecule has 0 spiro atoms. The van der Waals surface area contributed by atoms with E-state index in [4.69, 9.17) is 0 Å². The first kappa shape index (κ1) is 9.41. The van der Waals surface area contributed by atoms with Crippen molar-refractivity contribution in [2.45, 2.75) is 31.7 Å². The normalized spacial score (nSPS) is 36.9. The molecule has 0 saturated heterocycles. The van der Waals surface area contributed by atoms with Gasteiger partial charge in [-0.1, -0.05) is 37.6 Å². The highest BCUT2D eigenvalue weighted by molar-refractivity contribution is 5.41. The Hall–Kier alpha value is -0.820. The van der Waals surface area contributed by atoms with Crippen LogP contribution < -0.4 is 5.32 Å². The van der Waals surface area contributed by atoms with Gasteiger partial charge in [-0.25, -0.2) is 0 Å². The van der Waals surface area contributed by atoms with Gasteiger partial charge < -0.3 is 5.32 Å². The number of hydrogen-bond donors (Lipinski definition) is 1. The van der Waals surface area contributed by atoms with Crippen molar-refractivity contribution in [1.29, 1.82) is 0 Å². The Balaban J connectivity index is 1.95. The molecular weight excluding hydrogens is 182 g/mol. The third kappa shape index (κ3) is 1.13. The Morgan fingerprint density at radius 1 is 1.33 bits per heavy atom. The van der Waals surface area contributed by atoms with Crippen LogP contribution in [-0.4, -0.2) is 13.1 Å². The van der Waals surface area contributed by atoms with Crippen molar-refractivity contribution >= 4 is 0 Å². The standard InChI is InChI=1S/C14H19N/c1-3-10-13-11-7-5-4-6-9(11)8-12(13)14(10)15-2/h4-7,10,12-15H,3,8H2,1-2H3. The second-order valence-corrected chi connectivity index (χ2v) is 4.98. The lowest BCUT2D eigenvalue weighted by Gasteiger charge is -2.49. The molecule has 2 aliphatic carbocycles. The molecule has 0 heterocycles. The van der Waals surface area contributed by atoms with Crippen LogP contribution in [0.3, 0.4) is 0 Å². The maximum atomic E-state index is 3.51. The Kier molecular flexibility index (Phi) is 2.10. The van der Waals surface area contributed by atoms with Crippen LogP contribution in [0.1, 0.15) is 30.4 Å². The highest BCUT2D eigenvalue weighted by atomic mass is 14.9. The summed E-state index contributed by atoms with van der Waals surface area (Å²) in [6.45, 7) is 2.33. The second-order valence-electron chi connectivity index (χ2n) is 4.98. The van der Waals surface area contributed by atoms with E-state index in [1.807, 2.05) is 0 Å². The van der Waals surface area contributed by atoms with Crippen molar-refractivity contribution < 1.29 is 0 Å². The van der Waals surface area contributed by atoms with Gasteiger partial charge in [0.1, 0.15) is 0 Å². The van der Waals surface area contributed by atoms with Crippen LogP contribution in [0.5, 0.6) is 0 Å². The van der Waals surface area contributed by atoms with Gasteiger partial charge >= 0.3 is 0 Å². The van der Waals surface area contributed by atoms with E-state index in [1.54, 1.807) is 11.1 Å². The van der Waals surface area contributed by atoms with E-state index >= 15 is 0 Å². The fraction of sp³-hybridized carbons (Fsp3) is 0.571. The predicted molar refractivity (Wildman–Crippen MR) is 63.0 cm³/mol. The van der Waals surface area contributed by atoms with Crippen LogP contribution >= 0.6 is 0 Å². The first-order valence-corrected chi connectivity index (χ1v) is 6.12. The Morgan fingerprint density at radius 2 is 2.13 bits per heavy atom. The highest BCUT2D eigenvalue weighted by Gasteiger charge is 2.52. The third-order valence-corrected chi connectivity index (χ3v) is 4.52. The fourth-order valence-corrected chi connectivity index (χ4v) is 3.89. The molecule has 0 amide bonds. The van der Waals surface area contributed by atoms with Gasteiger partial charge in [0, 0.05) is 6.04 Å². The van der Waals surface area contributed by atoms with E-state index < -0.39 is 0 Å². The molecule has 3 rings (SSSR count). The van der Waals surface area contributed by atoms with Gasteiger partial charge in [-0.2, -0.15) is 0 Å². The van der Waals surface area contributed by atoms with Crippen LogP contribution in [-0.2, 0) is 6.42 Å². The Bertz CT molecular complexity index is 365. The van der Waals surface area contributed by atoms with Gasteiger partial charge in [-0.15, -0.1) is 0 Å². The molecule has 0 bridgehead atoms. The van der Waals surface area contributed by atoms with Crippen LogP contribution in [0.2, 0.25) is 0 Å². The summed E-state index contributed by atoms with van der Waals surface area (Å²) in [5.74, 6) is 2.59. The van der Waals surface area contributed by atoms with Crippen molar-refractivity contribution in [3.63, 3.8) is 0 Å². The number of fused-ring (bicyclic) bond motifs is 3. The molecule has 1 fully saturated rings. The summed E-state index contributed by atoms with van der Waals surface area (Å²) in [6.07, 6.45) is 2.60. The summed E-state index contributed by atoms with van der Waals surface area (Å²) in [7, 11) is 2.12. The number of nitrogens with one attached hydrogen (secondary N) is 1.